The Hall–Kier alpha value is -4.99. The molecule has 2 aliphatic rings. The van der Waals surface area contributed by atoms with Crippen LogP contribution in [0.3, 0.4) is 0 Å². The van der Waals surface area contributed by atoms with Gasteiger partial charge in [0.2, 0.25) is 6.79 Å². The van der Waals surface area contributed by atoms with E-state index in [1.165, 1.54) is 10.7 Å². The van der Waals surface area contributed by atoms with E-state index in [1.54, 1.807) is 37.4 Å². The molecular formula is C29H26N4O6. The van der Waals surface area contributed by atoms with Crippen LogP contribution in [-0.4, -0.2) is 40.7 Å². The van der Waals surface area contributed by atoms with Crippen molar-refractivity contribution in [1.82, 2.24) is 15.1 Å². The number of hydrogen-bond acceptors (Lipinski definition) is 7. The van der Waals surface area contributed by atoms with Gasteiger partial charge < -0.3 is 30.0 Å². The highest BCUT2D eigenvalue weighted by Gasteiger charge is 2.31. The van der Waals surface area contributed by atoms with Gasteiger partial charge in [0.15, 0.2) is 11.5 Å². The second-order valence-electron chi connectivity index (χ2n) is 9.40. The van der Waals surface area contributed by atoms with Gasteiger partial charge in [0.25, 0.3) is 5.91 Å². The van der Waals surface area contributed by atoms with E-state index < -0.39 is 0 Å². The largest absolute Gasteiger partial charge is 0.507 e. The van der Waals surface area contributed by atoms with Crippen molar-refractivity contribution in [2.24, 2.45) is 0 Å². The molecule has 1 aromatic heterocycles. The molecule has 6 rings (SSSR count). The maximum Gasteiger partial charge on any atom is 0.342 e. The number of aromatic nitrogens is 2. The van der Waals surface area contributed by atoms with Crippen LogP contribution in [-0.2, 0) is 6.54 Å². The minimum atomic E-state index is -0.353. The number of ether oxygens (including phenoxy) is 3. The normalized spacial score (nSPS) is 13.7. The van der Waals surface area contributed by atoms with Crippen molar-refractivity contribution in [2.75, 3.05) is 19.2 Å². The second kappa shape index (κ2) is 10.1. The fourth-order valence-electron chi connectivity index (χ4n) is 4.42. The highest BCUT2D eigenvalue weighted by atomic mass is 16.7. The summed E-state index contributed by atoms with van der Waals surface area (Å²) in [4.78, 5) is 25.8. The number of phenolic OH excluding ortho intramolecular Hbond substituents is 1. The summed E-state index contributed by atoms with van der Waals surface area (Å²) in [7, 11) is 1.61. The van der Waals surface area contributed by atoms with Crippen molar-refractivity contribution in [3.05, 3.63) is 83.6 Å². The lowest BCUT2D eigenvalue weighted by Gasteiger charge is -2.09. The third-order valence-electron chi connectivity index (χ3n) is 6.69. The van der Waals surface area contributed by atoms with Crippen molar-refractivity contribution in [3.63, 3.8) is 0 Å². The van der Waals surface area contributed by atoms with Crippen LogP contribution in [0.15, 0.2) is 66.7 Å². The Morgan fingerprint density at radius 2 is 1.82 bits per heavy atom. The van der Waals surface area contributed by atoms with Crippen LogP contribution in [0.25, 0.3) is 11.3 Å². The molecule has 0 bridgehead atoms. The molecule has 10 heteroatoms. The fraction of sp³-hybridized carbons (Fsp3) is 0.207. The molecule has 0 spiro atoms. The van der Waals surface area contributed by atoms with Gasteiger partial charge in [-0.1, -0.05) is 12.1 Å². The first-order valence-electron chi connectivity index (χ1n) is 12.5. The number of amides is 2. The summed E-state index contributed by atoms with van der Waals surface area (Å²) in [6, 6.07) is 18.7. The summed E-state index contributed by atoms with van der Waals surface area (Å²) in [5.41, 5.74) is 3.48. The lowest BCUT2D eigenvalue weighted by molar-refractivity contribution is 0.102. The number of carbonyl (C=O) groups is 2. The van der Waals surface area contributed by atoms with Crippen molar-refractivity contribution < 1.29 is 28.9 Å². The van der Waals surface area contributed by atoms with Crippen molar-refractivity contribution in [2.45, 2.75) is 25.3 Å². The molecule has 3 N–H and O–H groups in total. The second-order valence-corrected chi connectivity index (χ2v) is 9.40. The number of nitrogens with one attached hydrogen (secondary N) is 2. The SMILES string of the molecule is COc1ccc(CNC(=O)n2nc(-c3ccc(NC(=O)c4ccc5c(c4)OCO5)cc3O)cc2C2CC2)cc1. The first kappa shape index (κ1) is 24.4. The molecule has 2 amide bonds. The zero-order chi connectivity index (χ0) is 26.9. The Labute approximate surface area is 224 Å². The van der Waals surface area contributed by atoms with Gasteiger partial charge in [0.1, 0.15) is 11.5 Å². The molecule has 2 heterocycles. The Balaban J connectivity index is 1.17. The average molecular weight is 527 g/mol. The monoisotopic (exact) mass is 526 g/mol. The topological polar surface area (TPSA) is 124 Å². The fourth-order valence-corrected chi connectivity index (χ4v) is 4.42. The zero-order valence-electron chi connectivity index (χ0n) is 21.1. The van der Waals surface area contributed by atoms with E-state index in [2.05, 4.69) is 15.7 Å². The molecule has 0 radical (unpaired) electrons. The number of aromatic hydroxyl groups is 1. The number of phenols is 1. The molecule has 0 unspecified atom stereocenters. The molecule has 3 aromatic carbocycles. The quantitative estimate of drug-likeness (QED) is 0.314. The number of rotatable bonds is 7. The van der Waals surface area contributed by atoms with Gasteiger partial charge >= 0.3 is 6.03 Å². The van der Waals surface area contributed by atoms with Crippen LogP contribution < -0.4 is 24.8 Å². The van der Waals surface area contributed by atoms with Crippen LogP contribution in [0, 0.1) is 0 Å². The molecule has 39 heavy (non-hydrogen) atoms. The summed E-state index contributed by atoms with van der Waals surface area (Å²) in [6.07, 6.45) is 1.96. The van der Waals surface area contributed by atoms with Gasteiger partial charge in [-0.25, -0.2) is 4.79 Å². The Morgan fingerprint density at radius 1 is 1.03 bits per heavy atom. The minimum Gasteiger partial charge on any atom is -0.507 e. The lowest BCUT2D eigenvalue weighted by Crippen LogP contribution is -2.30. The predicted octanol–water partition coefficient (Wildman–Crippen LogP) is 4.88. The zero-order valence-corrected chi connectivity index (χ0v) is 21.1. The van der Waals surface area contributed by atoms with Crippen LogP contribution in [0.1, 0.15) is 40.4 Å². The van der Waals surface area contributed by atoms with E-state index in [4.69, 9.17) is 14.2 Å². The Kier molecular flexibility index (Phi) is 6.28. The van der Waals surface area contributed by atoms with Gasteiger partial charge in [-0.2, -0.15) is 9.78 Å². The third-order valence-corrected chi connectivity index (χ3v) is 6.69. The first-order chi connectivity index (χ1) is 19.0. The van der Waals surface area contributed by atoms with E-state index >= 15 is 0 Å². The van der Waals surface area contributed by atoms with Gasteiger partial charge in [-0.15, -0.1) is 0 Å². The van der Waals surface area contributed by atoms with Crippen LogP contribution in [0.4, 0.5) is 10.5 Å². The maximum atomic E-state index is 13.0. The number of benzene rings is 3. The highest BCUT2D eigenvalue weighted by molar-refractivity contribution is 6.05. The Bertz CT molecular complexity index is 1560. The number of fused-ring (bicyclic) bond motifs is 1. The number of hydrogen-bond donors (Lipinski definition) is 3. The van der Waals surface area contributed by atoms with Crippen molar-refractivity contribution in [3.8, 4) is 34.3 Å². The van der Waals surface area contributed by atoms with Gasteiger partial charge in [-0.3, -0.25) is 4.79 Å². The molecular weight excluding hydrogens is 500 g/mol. The summed E-state index contributed by atoms with van der Waals surface area (Å²) >= 11 is 0. The van der Waals surface area contributed by atoms with Crippen LogP contribution in [0.5, 0.6) is 23.0 Å². The molecule has 0 saturated heterocycles. The summed E-state index contributed by atoms with van der Waals surface area (Å²) in [5, 5.41) is 21.0. The summed E-state index contributed by atoms with van der Waals surface area (Å²) < 4.78 is 17.2. The van der Waals surface area contributed by atoms with Crippen molar-refractivity contribution in [1.29, 1.82) is 0 Å². The van der Waals surface area contributed by atoms with Gasteiger partial charge in [0.05, 0.1) is 18.5 Å². The first-order valence-corrected chi connectivity index (χ1v) is 12.5. The molecule has 1 fully saturated rings. The molecule has 198 valence electrons. The molecule has 1 aliphatic carbocycles. The standard InChI is InChI=1S/C29H26N4O6/c1-37-21-8-2-17(3-9-21)15-30-29(36)33-24(18-4-5-18)14-23(32-33)22-10-7-20(13-25(22)34)31-28(35)19-6-11-26-27(12-19)39-16-38-26/h2-3,6-14,18,34H,4-5,15-16H2,1H3,(H,30,36)(H,31,35). The summed E-state index contributed by atoms with van der Waals surface area (Å²) in [6.45, 7) is 0.462. The smallest absolute Gasteiger partial charge is 0.342 e. The molecule has 1 aliphatic heterocycles. The van der Waals surface area contributed by atoms with Gasteiger partial charge in [0, 0.05) is 35.3 Å². The molecule has 1 saturated carbocycles. The highest BCUT2D eigenvalue weighted by Crippen LogP contribution is 2.42. The van der Waals surface area contributed by atoms with Crippen LogP contribution in [0.2, 0.25) is 0 Å². The van der Waals surface area contributed by atoms with E-state index in [0.717, 1.165) is 29.8 Å². The number of nitrogens with zero attached hydrogens (tertiary/aromatic N) is 2. The van der Waals surface area contributed by atoms with Crippen molar-refractivity contribution >= 4 is 17.6 Å². The minimum absolute atomic E-state index is 0.0656. The number of methoxy groups -OCH3 is 1. The van der Waals surface area contributed by atoms with E-state index in [9.17, 15) is 14.7 Å². The average Bonchev–Trinajstić information content (AvgIpc) is 3.52. The lowest BCUT2D eigenvalue weighted by atomic mass is 10.1. The number of anilines is 1. The summed E-state index contributed by atoms with van der Waals surface area (Å²) in [5.74, 6) is 1.68. The van der Waals surface area contributed by atoms with E-state index in [-0.39, 0.29) is 30.4 Å². The number of carbonyl (C=O) groups excluding carboxylic acids is 2. The van der Waals surface area contributed by atoms with E-state index in [1.807, 2.05) is 30.3 Å². The van der Waals surface area contributed by atoms with Gasteiger partial charge in [-0.05, 0) is 66.9 Å². The maximum absolute atomic E-state index is 13.0. The third kappa shape index (κ3) is 5.08. The van der Waals surface area contributed by atoms with Crippen LogP contribution >= 0.6 is 0 Å². The molecule has 4 aromatic rings. The molecule has 10 nitrogen and oxygen atoms in total. The predicted molar refractivity (Wildman–Crippen MR) is 142 cm³/mol. The van der Waals surface area contributed by atoms with E-state index in [0.29, 0.717) is 40.6 Å². The Morgan fingerprint density at radius 3 is 2.56 bits per heavy atom. The molecule has 0 atom stereocenters.